The summed E-state index contributed by atoms with van der Waals surface area (Å²) in [5, 5.41) is 0. The monoisotopic (exact) mass is 443 g/mol. The van der Waals surface area contributed by atoms with Gasteiger partial charge in [-0.25, -0.2) is 4.39 Å². The molecule has 7 nitrogen and oxygen atoms in total. The van der Waals surface area contributed by atoms with Crippen molar-refractivity contribution in [2.75, 3.05) is 50.8 Å². The lowest BCUT2D eigenvalue weighted by atomic mass is 10.2. The first-order chi connectivity index (χ1) is 15.6. The second-order valence-electron chi connectivity index (χ2n) is 8.40. The molecule has 0 atom stereocenters. The molecule has 1 aromatic heterocycles. The lowest BCUT2D eigenvalue weighted by molar-refractivity contribution is -0.133. The van der Waals surface area contributed by atoms with Crippen molar-refractivity contribution in [3.8, 4) is 5.75 Å². The third-order valence-electron chi connectivity index (χ3n) is 6.11. The van der Waals surface area contributed by atoms with E-state index in [0.29, 0.717) is 38.5 Å². The number of piperazine rings is 1. The zero-order valence-electron chi connectivity index (χ0n) is 18.3. The molecule has 4 rings (SSSR count). The van der Waals surface area contributed by atoms with Crippen molar-refractivity contribution in [1.82, 2.24) is 9.80 Å². The minimum Gasteiger partial charge on any atom is -0.477 e. The van der Waals surface area contributed by atoms with Gasteiger partial charge in [-0.1, -0.05) is 12.8 Å². The molecule has 0 radical (unpaired) electrons. The molecule has 0 spiro atoms. The summed E-state index contributed by atoms with van der Waals surface area (Å²) in [6, 6.07) is 7.82. The van der Waals surface area contributed by atoms with Gasteiger partial charge in [-0.3, -0.25) is 14.5 Å². The van der Waals surface area contributed by atoms with Crippen LogP contribution in [0.3, 0.4) is 0 Å². The second-order valence-corrected chi connectivity index (χ2v) is 8.40. The van der Waals surface area contributed by atoms with E-state index in [-0.39, 0.29) is 29.5 Å². The number of ether oxygens (including phenoxy) is 1. The van der Waals surface area contributed by atoms with Crippen LogP contribution in [0.4, 0.5) is 10.1 Å². The summed E-state index contributed by atoms with van der Waals surface area (Å²) in [4.78, 5) is 31.1. The smallest absolute Gasteiger partial charge is 0.260 e. The number of halogens is 1. The lowest BCUT2D eigenvalue weighted by Gasteiger charge is -2.36. The van der Waals surface area contributed by atoms with Crippen LogP contribution < -0.4 is 15.1 Å². The van der Waals surface area contributed by atoms with Crippen molar-refractivity contribution < 1.29 is 18.3 Å². The number of benzene rings is 1. The molecule has 32 heavy (non-hydrogen) atoms. The van der Waals surface area contributed by atoms with Crippen LogP contribution in [0.25, 0.3) is 0 Å². The summed E-state index contributed by atoms with van der Waals surface area (Å²) in [5.74, 6) is 0.242. The number of nitrogens with zero attached hydrogens (tertiary/aromatic N) is 3. The third kappa shape index (κ3) is 5.88. The average molecular weight is 444 g/mol. The van der Waals surface area contributed by atoms with E-state index in [1.54, 1.807) is 17.0 Å². The van der Waals surface area contributed by atoms with Gasteiger partial charge in [-0.2, -0.15) is 0 Å². The summed E-state index contributed by atoms with van der Waals surface area (Å²) in [6.07, 6.45) is 6.16. The van der Waals surface area contributed by atoms with Gasteiger partial charge in [0.15, 0.2) is 6.61 Å². The molecule has 3 heterocycles. The molecular formula is C24H30FN3O4. The van der Waals surface area contributed by atoms with E-state index in [4.69, 9.17) is 9.15 Å². The molecule has 172 valence electrons. The average Bonchev–Trinajstić information content (AvgIpc) is 3.08. The maximum Gasteiger partial charge on any atom is 0.260 e. The maximum atomic E-state index is 13.1. The van der Waals surface area contributed by atoms with Gasteiger partial charge in [0.25, 0.3) is 5.91 Å². The normalized spacial score (nSPS) is 17.8. The minimum atomic E-state index is -0.269. The van der Waals surface area contributed by atoms with Crippen molar-refractivity contribution in [3.63, 3.8) is 0 Å². The van der Waals surface area contributed by atoms with E-state index in [0.717, 1.165) is 18.8 Å². The van der Waals surface area contributed by atoms with Crippen LogP contribution in [-0.4, -0.2) is 61.6 Å². The molecule has 2 saturated heterocycles. The Bertz CT molecular complexity index is 946. The zero-order valence-corrected chi connectivity index (χ0v) is 18.3. The van der Waals surface area contributed by atoms with Crippen LogP contribution in [0.15, 0.2) is 45.8 Å². The van der Waals surface area contributed by atoms with Crippen LogP contribution in [-0.2, 0) is 11.3 Å². The number of hydrogen-bond donors (Lipinski definition) is 0. The predicted molar refractivity (Wildman–Crippen MR) is 119 cm³/mol. The Balaban J connectivity index is 1.25. The number of rotatable bonds is 6. The Hall–Kier alpha value is -2.87. The van der Waals surface area contributed by atoms with Gasteiger partial charge in [-0.15, -0.1) is 0 Å². The molecule has 2 aliphatic rings. The summed E-state index contributed by atoms with van der Waals surface area (Å²) < 4.78 is 24.2. The molecule has 0 aliphatic carbocycles. The van der Waals surface area contributed by atoms with Crippen molar-refractivity contribution in [3.05, 3.63) is 58.4 Å². The molecule has 8 heteroatoms. The molecule has 2 aliphatic heterocycles. The number of anilines is 1. The fourth-order valence-corrected chi connectivity index (χ4v) is 4.24. The summed E-state index contributed by atoms with van der Waals surface area (Å²) in [5.41, 5.74) is 0.669. The standard InChI is InChI=1S/C24H30FN3O4/c25-19-5-7-20(8-6-19)27-11-13-28(14-12-27)24(30)18-32-23-17-31-21(15-22(23)29)16-26-9-3-1-2-4-10-26/h5-8,15,17H,1-4,9-14,16,18H2. The Morgan fingerprint density at radius 2 is 1.66 bits per heavy atom. The fourth-order valence-electron chi connectivity index (χ4n) is 4.24. The van der Waals surface area contributed by atoms with E-state index in [1.165, 1.54) is 50.1 Å². The van der Waals surface area contributed by atoms with Crippen molar-refractivity contribution >= 4 is 11.6 Å². The van der Waals surface area contributed by atoms with Crippen LogP contribution in [0.1, 0.15) is 31.4 Å². The van der Waals surface area contributed by atoms with E-state index in [2.05, 4.69) is 9.80 Å². The van der Waals surface area contributed by atoms with E-state index in [1.807, 2.05) is 0 Å². The molecule has 0 unspecified atom stereocenters. The first kappa shape index (κ1) is 22.3. The van der Waals surface area contributed by atoms with Gasteiger partial charge >= 0.3 is 0 Å². The number of carbonyl (C=O) groups is 1. The zero-order chi connectivity index (χ0) is 22.3. The van der Waals surface area contributed by atoms with Crippen LogP contribution in [0.5, 0.6) is 5.75 Å². The van der Waals surface area contributed by atoms with Gasteiger partial charge in [0, 0.05) is 37.9 Å². The number of hydrogen-bond acceptors (Lipinski definition) is 6. The highest BCUT2D eigenvalue weighted by Crippen LogP contribution is 2.17. The molecule has 1 amide bonds. The van der Waals surface area contributed by atoms with Gasteiger partial charge in [0.05, 0.1) is 6.54 Å². The molecule has 1 aromatic carbocycles. The molecule has 0 saturated carbocycles. The fraction of sp³-hybridized carbons (Fsp3) is 0.500. The van der Waals surface area contributed by atoms with Gasteiger partial charge in [-0.05, 0) is 50.2 Å². The van der Waals surface area contributed by atoms with E-state index >= 15 is 0 Å². The third-order valence-corrected chi connectivity index (χ3v) is 6.11. The van der Waals surface area contributed by atoms with Crippen LogP contribution in [0.2, 0.25) is 0 Å². The van der Waals surface area contributed by atoms with Crippen LogP contribution in [0, 0.1) is 5.82 Å². The van der Waals surface area contributed by atoms with Gasteiger partial charge < -0.3 is 19.0 Å². The Morgan fingerprint density at radius 3 is 2.31 bits per heavy atom. The minimum absolute atomic E-state index is 0.0583. The quantitative estimate of drug-likeness (QED) is 0.684. The molecular weight excluding hydrogens is 413 g/mol. The topological polar surface area (TPSA) is 66.2 Å². The highest BCUT2D eigenvalue weighted by molar-refractivity contribution is 5.78. The number of carbonyl (C=O) groups excluding carboxylic acids is 1. The molecule has 2 aromatic rings. The van der Waals surface area contributed by atoms with E-state index in [9.17, 15) is 14.0 Å². The Morgan fingerprint density at radius 1 is 0.969 bits per heavy atom. The first-order valence-corrected chi connectivity index (χ1v) is 11.3. The van der Waals surface area contributed by atoms with Gasteiger partial charge in [0.2, 0.25) is 11.2 Å². The number of amides is 1. The maximum absolute atomic E-state index is 13.1. The summed E-state index contributed by atoms with van der Waals surface area (Å²) in [7, 11) is 0. The number of likely N-dealkylation sites (tertiary alicyclic amines) is 1. The van der Waals surface area contributed by atoms with Crippen molar-refractivity contribution in [1.29, 1.82) is 0 Å². The predicted octanol–water partition coefficient (Wildman–Crippen LogP) is 2.88. The Labute approximate surface area is 187 Å². The van der Waals surface area contributed by atoms with Crippen molar-refractivity contribution in [2.45, 2.75) is 32.2 Å². The summed E-state index contributed by atoms with van der Waals surface area (Å²) in [6.45, 7) is 4.86. The largest absolute Gasteiger partial charge is 0.477 e. The van der Waals surface area contributed by atoms with Crippen molar-refractivity contribution in [2.24, 2.45) is 0 Å². The van der Waals surface area contributed by atoms with Crippen LogP contribution >= 0.6 is 0 Å². The SMILES string of the molecule is O=C(COc1coc(CN2CCCCCC2)cc1=O)N1CCN(c2ccc(F)cc2)CC1. The first-order valence-electron chi connectivity index (χ1n) is 11.3. The highest BCUT2D eigenvalue weighted by Gasteiger charge is 2.22. The highest BCUT2D eigenvalue weighted by atomic mass is 19.1. The molecule has 2 fully saturated rings. The lowest BCUT2D eigenvalue weighted by Crippen LogP contribution is -2.50. The van der Waals surface area contributed by atoms with Gasteiger partial charge in [0.1, 0.15) is 17.8 Å². The molecule has 0 bridgehead atoms. The second kappa shape index (κ2) is 10.6. The van der Waals surface area contributed by atoms with E-state index < -0.39 is 0 Å². The molecule has 0 N–H and O–H groups in total. The Kier molecular flexibility index (Phi) is 7.42. The summed E-state index contributed by atoms with van der Waals surface area (Å²) >= 11 is 0.